The number of carbonyl (C=O) groups excluding carboxylic acids is 1. The second kappa shape index (κ2) is 7.82. The van der Waals surface area contributed by atoms with Crippen molar-refractivity contribution in [3.63, 3.8) is 0 Å². The average Bonchev–Trinajstić information content (AvgIpc) is 2.54. The lowest BCUT2D eigenvalue weighted by Gasteiger charge is -2.18. The lowest BCUT2D eigenvalue weighted by Crippen LogP contribution is -2.27. The Morgan fingerprint density at radius 1 is 1.25 bits per heavy atom. The van der Waals surface area contributed by atoms with Gasteiger partial charge in [-0.05, 0) is 62.1 Å². The molecule has 0 saturated carbocycles. The molecule has 0 aliphatic rings. The van der Waals surface area contributed by atoms with Gasteiger partial charge in [0.1, 0.15) is 5.75 Å². The van der Waals surface area contributed by atoms with E-state index in [2.05, 4.69) is 43.9 Å². The summed E-state index contributed by atoms with van der Waals surface area (Å²) in [7, 11) is 1.63. The highest BCUT2D eigenvalue weighted by atomic mass is 16.5. The number of rotatable bonds is 6. The van der Waals surface area contributed by atoms with Crippen LogP contribution in [0.15, 0.2) is 49.1 Å². The molecule has 24 heavy (non-hydrogen) atoms. The lowest BCUT2D eigenvalue weighted by atomic mass is 9.99. The Morgan fingerprint density at radius 3 is 2.62 bits per heavy atom. The molecular weight excluding hydrogens is 298 g/mol. The number of allylic oxidation sites excluding steroid dienone is 1. The van der Waals surface area contributed by atoms with Crippen LogP contribution >= 0.6 is 0 Å². The lowest BCUT2D eigenvalue weighted by molar-refractivity contribution is 0.0939. The molecule has 0 radical (unpaired) electrons. The van der Waals surface area contributed by atoms with E-state index in [0.717, 1.165) is 16.9 Å². The molecule has 2 rings (SSSR count). The van der Waals surface area contributed by atoms with Crippen LogP contribution in [0.4, 0.5) is 0 Å². The van der Waals surface area contributed by atoms with Crippen molar-refractivity contribution in [2.24, 2.45) is 0 Å². The van der Waals surface area contributed by atoms with Gasteiger partial charge in [-0.2, -0.15) is 0 Å². The third kappa shape index (κ3) is 4.05. The van der Waals surface area contributed by atoms with Crippen LogP contribution in [0.5, 0.6) is 5.75 Å². The van der Waals surface area contributed by atoms with Crippen molar-refractivity contribution in [3.8, 4) is 5.75 Å². The van der Waals surface area contributed by atoms with Gasteiger partial charge in [-0.25, -0.2) is 0 Å². The fraction of sp³-hybridized carbons (Fsp3) is 0.286. The Hall–Kier alpha value is -2.55. The Morgan fingerprint density at radius 2 is 2.00 bits per heavy atom. The number of hydrogen-bond donors (Lipinski definition) is 1. The molecule has 126 valence electrons. The third-order valence-corrected chi connectivity index (χ3v) is 4.15. The summed E-state index contributed by atoms with van der Waals surface area (Å²) in [6.07, 6.45) is 2.47. The molecule has 0 aromatic heterocycles. The van der Waals surface area contributed by atoms with Gasteiger partial charge >= 0.3 is 0 Å². The van der Waals surface area contributed by atoms with Crippen molar-refractivity contribution in [1.82, 2.24) is 5.32 Å². The van der Waals surface area contributed by atoms with Crippen LogP contribution in [0.25, 0.3) is 0 Å². The maximum Gasteiger partial charge on any atom is 0.251 e. The van der Waals surface area contributed by atoms with E-state index < -0.39 is 0 Å². The van der Waals surface area contributed by atoms with Crippen LogP contribution in [0.2, 0.25) is 0 Å². The summed E-state index contributed by atoms with van der Waals surface area (Å²) in [5.74, 6) is 0.685. The first-order chi connectivity index (χ1) is 11.5. The van der Waals surface area contributed by atoms with Crippen molar-refractivity contribution in [2.75, 3.05) is 7.11 Å². The highest BCUT2D eigenvalue weighted by Gasteiger charge is 2.14. The summed E-state index contributed by atoms with van der Waals surface area (Å²) in [4.78, 5) is 12.6. The molecule has 0 saturated heterocycles. The van der Waals surface area contributed by atoms with Crippen LogP contribution in [-0.2, 0) is 6.42 Å². The average molecular weight is 323 g/mol. The van der Waals surface area contributed by atoms with E-state index in [1.165, 1.54) is 11.1 Å². The normalized spacial score (nSPS) is 11.7. The molecule has 1 amide bonds. The van der Waals surface area contributed by atoms with Crippen LogP contribution < -0.4 is 10.1 Å². The van der Waals surface area contributed by atoms with Gasteiger partial charge < -0.3 is 10.1 Å². The first-order valence-electron chi connectivity index (χ1n) is 8.12. The monoisotopic (exact) mass is 323 g/mol. The third-order valence-electron chi connectivity index (χ3n) is 4.15. The van der Waals surface area contributed by atoms with Crippen LogP contribution in [0.3, 0.4) is 0 Å². The minimum absolute atomic E-state index is 0.0527. The van der Waals surface area contributed by atoms with Gasteiger partial charge in [-0.15, -0.1) is 6.58 Å². The second-order valence-corrected chi connectivity index (χ2v) is 6.07. The molecule has 1 N–H and O–H groups in total. The molecule has 0 fully saturated rings. The largest absolute Gasteiger partial charge is 0.496 e. The summed E-state index contributed by atoms with van der Waals surface area (Å²) in [6, 6.07) is 11.7. The van der Waals surface area contributed by atoms with Gasteiger partial charge in [0.15, 0.2) is 0 Å². The number of benzene rings is 2. The number of carbonyl (C=O) groups is 1. The van der Waals surface area contributed by atoms with Crippen molar-refractivity contribution < 1.29 is 9.53 Å². The van der Waals surface area contributed by atoms with E-state index in [9.17, 15) is 4.79 Å². The molecule has 0 bridgehead atoms. The summed E-state index contributed by atoms with van der Waals surface area (Å²) < 4.78 is 5.33. The van der Waals surface area contributed by atoms with Gasteiger partial charge in [0.2, 0.25) is 0 Å². The molecule has 3 heteroatoms. The van der Waals surface area contributed by atoms with E-state index in [0.29, 0.717) is 12.0 Å². The van der Waals surface area contributed by atoms with Crippen molar-refractivity contribution in [3.05, 3.63) is 76.9 Å². The number of ether oxygens (including phenoxy) is 1. The molecule has 3 nitrogen and oxygen atoms in total. The Labute approximate surface area is 144 Å². The molecule has 2 aromatic rings. The summed E-state index contributed by atoms with van der Waals surface area (Å²) >= 11 is 0. The van der Waals surface area contributed by atoms with Gasteiger partial charge in [0.25, 0.3) is 5.91 Å². The minimum Gasteiger partial charge on any atom is -0.496 e. The van der Waals surface area contributed by atoms with Gasteiger partial charge in [-0.1, -0.05) is 29.8 Å². The van der Waals surface area contributed by atoms with E-state index >= 15 is 0 Å². The first-order valence-corrected chi connectivity index (χ1v) is 8.12. The van der Waals surface area contributed by atoms with E-state index in [4.69, 9.17) is 4.74 Å². The minimum atomic E-state index is -0.0876. The van der Waals surface area contributed by atoms with E-state index in [1.807, 2.05) is 19.1 Å². The number of aryl methyl sites for hydroxylation is 2. The molecular formula is C21H25NO2. The number of amides is 1. The van der Waals surface area contributed by atoms with Crippen LogP contribution in [-0.4, -0.2) is 13.0 Å². The summed E-state index contributed by atoms with van der Waals surface area (Å²) in [6.45, 7) is 9.90. The van der Waals surface area contributed by atoms with Crippen molar-refractivity contribution >= 4 is 5.91 Å². The SMILES string of the molecule is C=CCc1cc(C(=O)N[C@@H](C)c2ccc(C)cc2C)ccc1OC. The fourth-order valence-electron chi connectivity index (χ4n) is 2.90. The van der Waals surface area contributed by atoms with Crippen LogP contribution in [0.1, 0.15) is 45.6 Å². The maximum atomic E-state index is 12.6. The Balaban J connectivity index is 2.19. The zero-order valence-corrected chi connectivity index (χ0v) is 14.8. The molecule has 0 spiro atoms. The highest BCUT2D eigenvalue weighted by Crippen LogP contribution is 2.22. The quantitative estimate of drug-likeness (QED) is 0.793. The second-order valence-electron chi connectivity index (χ2n) is 6.07. The molecule has 0 heterocycles. The number of nitrogens with one attached hydrogen (secondary N) is 1. The van der Waals surface area contributed by atoms with Crippen molar-refractivity contribution in [1.29, 1.82) is 0 Å². The van der Waals surface area contributed by atoms with Gasteiger partial charge in [0, 0.05) is 5.56 Å². The summed E-state index contributed by atoms with van der Waals surface area (Å²) in [5, 5.41) is 3.07. The molecule has 0 aliphatic carbocycles. The Kier molecular flexibility index (Phi) is 5.80. The number of methoxy groups -OCH3 is 1. The predicted octanol–water partition coefficient (Wildman–Crippen LogP) is 4.53. The summed E-state index contributed by atoms with van der Waals surface area (Å²) in [5.41, 5.74) is 5.13. The zero-order chi connectivity index (χ0) is 17.7. The molecule has 2 aromatic carbocycles. The first kappa shape index (κ1) is 17.8. The van der Waals surface area contributed by atoms with E-state index in [1.54, 1.807) is 19.3 Å². The van der Waals surface area contributed by atoms with Crippen LogP contribution in [0, 0.1) is 13.8 Å². The zero-order valence-electron chi connectivity index (χ0n) is 14.8. The molecule has 0 unspecified atom stereocenters. The van der Waals surface area contributed by atoms with Gasteiger partial charge in [-0.3, -0.25) is 4.79 Å². The van der Waals surface area contributed by atoms with E-state index in [-0.39, 0.29) is 11.9 Å². The smallest absolute Gasteiger partial charge is 0.251 e. The standard InChI is InChI=1S/C21H25NO2/c1-6-7-17-13-18(9-11-20(17)24-5)21(23)22-16(4)19-10-8-14(2)12-15(19)3/h6,8-13,16H,1,7H2,2-5H3,(H,22,23)/t16-/m0/s1. The number of hydrogen-bond acceptors (Lipinski definition) is 2. The maximum absolute atomic E-state index is 12.6. The highest BCUT2D eigenvalue weighted by molar-refractivity contribution is 5.94. The van der Waals surface area contributed by atoms with Gasteiger partial charge in [0.05, 0.1) is 13.2 Å². The molecule has 1 atom stereocenters. The predicted molar refractivity (Wildman–Crippen MR) is 98.7 cm³/mol. The van der Waals surface area contributed by atoms with Crippen molar-refractivity contribution in [2.45, 2.75) is 33.2 Å². The molecule has 0 aliphatic heterocycles. The topological polar surface area (TPSA) is 38.3 Å². The fourth-order valence-corrected chi connectivity index (χ4v) is 2.90. The Bertz CT molecular complexity index is 749.